The minimum Gasteiger partial charge on any atom is -0.394 e. The fourth-order valence-electron chi connectivity index (χ4n) is 2.82. The number of anilines is 1. The van der Waals surface area contributed by atoms with Gasteiger partial charge >= 0.3 is 0 Å². The molecule has 1 aliphatic heterocycles. The van der Waals surface area contributed by atoms with Crippen LogP contribution in [0.1, 0.15) is 27.2 Å². The molecule has 0 radical (unpaired) electrons. The lowest BCUT2D eigenvalue weighted by molar-refractivity contribution is -0.132. The molecule has 0 spiro atoms. The van der Waals surface area contributed by atoms with Crippen molar-refractivity contribution >= 4 is 23.0 Å². The Balaban J connectivity index is 2.07. The van der Waals surface area contributed by atoms with Gasteiger partial charge in [0.05, 0.1) is 19.0 Å². The molecule has 25 heavy (non-hydrogen) atoms. The van der Waals surface area contributed by atoms with Crippen LogP contribution < -0.4 is 10.9 Å². The number of aliphatic hydroxyl groups is 2. The lowest BCUT2D eigenvalue weighted by atomic mass is 10.1. The molecule has 0 saturated carbocycles. The van der Waals surface area contributed by atoms with Gasteiger partial charge < -0.3 is 14.9 Å². The molecule has 0 aromatic carbocycles. The van der Waals surface area contributed by atoms with Crippen LogP contribution in [0.5, 0.6) is 0 Å². The zero-order valence-electron chi connectivity index (χ0n) is 14.2. The van der Waals surface area contributed by atoms with Crippen molar-refractivity contribution in [2.75, 3.05) is 11.9 Å². The normalized spacial score (nSPS) is 26.5. The topological polar surface area (TPSA) is 142 Å². The number of hydrogen-bond acceptors (Lipinski definition) is 7. The van der Waals surface area contributed by atoms with Crippen molar-refractivity contribution in [3.05, 3.63) is 16.7 Å². The van der Waals surface area contributed by atoms with Crippen LogP contribution in [0, 0.1) is 5.92 Å². The van der Waals surface area contributed by atoms with Gasteiger partial charge in [-0.1, -0.05) is 13.8 Å². The minimum atomic E-state index is -1.23. The van der Waals surface area contributed by atoms with Gasteiger partial charge in [0.15, 0.2) is 16.9 Å². The summed E-state index contributed by atoms with van der Waals surface area (Å²) in [6.07, 6.45) is 0.146. The maximum atomic E-state index is 12.2. The van der Waals surface area contributed by atoms with Crippen LogP contribution in [-0.4, -0.2) is 54.5 Å². The van der Waals surface area contributed by atoms with Gasteiger partial charge in [-0.25, -0.2) is 4.98 Å². The molecule has 3 heterocycles. The molecule has 0 aliphatic carbocycles. The highest BCUT2D eigenvalue weighted by atomic mass is 16.6. The summed E-state index contributed by atoms with van der Waals surface area (Å²) in [7, 11) is 0. The van der Waals surface area contributed by atoms with Gasteiger partial charge in [0.25, 0.3) is 5.56 Å². The lowest BCUT2D eigenvalue weighted by Crippen LogP contribution is -2.39. The summed E-state index contributed by atoms with van der Waals surface area (Å²) >= 11 is 0. The first-order valence-corrected chi connectivity index (χ1v) is 8.01. The molecule has 4 N–H and O–H groups in total. The first-order chi connectivity index (χ1) is 11.8. The van der Waals surface area contributed by atoms with E-state index in [1.165, 1.54) is 10.9 Å². The van der Waals surface area contributed by atoms with E-state index in [1.807, 2.05) is 0 Å². The zero-order chi connectivity index (χ0) is 18.4. The molecule has 0 bridgehead atoms. The Hall–Kier alpha value is -2.30. The third-order valence-corrected chi connectivity index (χ3v) is 4.36. The SMILES string of the molecule is CC(C)C(=O)Nc1nc2c(ncn2[C@]2(C)O[C@H](CO)C[C@H]2O)c(=O)[nH]1. The summed E-state index contributed by atoms with van der Waals surface area (Å²) in [5.74, 6) is -0.584. The number of hydrogen-bond donors (Lipinski definition) is 4. The van der Waals surface area contributed by atoms with E-state index in [-0.39, 0.29) is 42.0 Å². The molecule has 2 aromatic rings. The van der Waals surface area contributed by atoms with Gasteiger partial charge in [0.2, 0.25) is 11.9 Å². The fraction of sp³-hybridized carbons (Fsp3) is 0.600. The largest absolute Gasteiger partial charge is 0.394 e. The summed E-state index contributed by atoms with van der Waals surface area (Å²) < 4.78 is 7.19. The number of nitrogens with one attached hydrogen (secondary N) is 2. The van der Waals surface area contributed by atoms with E-state index in [2.05, 4.69) is 20.3 Å². The first-order valence-electron chi connectivity index (χ1n) is 8.01. The van der Waals surface area contributed by atoms with Crippen molar-refractivity contribution in [2.45, 2.75) is 45.1 Å². The van der Waals surface area contributed by atoms with E-state index in [4.69, 9.17) is 4.74 Å². The Morgan fingerprint density at radius 3 is 2.92 bits per heavy atom. The summed E-state index contributed by atoms with van der Waals surface area (Å²) in [5, 5.41) is 22.2. The number of imidazole rings is 1. The van der Waals surface area contributed by atoms with Crippen LogP contribution >= 0.6 is 0 Å². The monoisotopic (exact) mass is 351 g/mol. The van der Waals surface area contributed by atoms with Gasteiger partial charge in [-0.2, -0.15) is 4.98 Å². The third-order valence-electron chi connectivity index (χ3n) is 4.36. The molecule has 3 rings (SSSR count). The number of carbonyl (C=O) groups excluding carboxylic acids is 1. The molecule has 10 nitrogen and oxygen atoms in total. The molecule has 1 saturated heterocycles. The van der Waals surface area contributed by atoms with Crippen molar-refractivity contribution in [2.24, 2.45) is 5.92 Å². The number of amides is 1. The van der Waals surface area contributed by atoms with Crippen LogP contribution in [0.25, 0.3) is 11.2 Å². The number of H-pyrrole nitrogens is 1. The Kier molecular flexibility index (Phi) is 4.35. The average molecular weight is 351 g/mol. The number of ether oxygens (including phenoxy) is 1. The molecule has 1 amide bonds. The molecular weight excluding hydrogens is 330 g/mol. The Labute approximate surface area is 142 Å². The standard InChI is InChI=1S/C15H21N5O5/c1-7(2)12(23)18-14-17-11-10(13(24)19-14)16-6-20(11)15(3)9(22)4-8(5-21)25-15/h6-9,21-22H,4-5H2,1-3H3,(H2,17,18,19,23,24)/t8-,9+,15+/m0/s1. The number of aromatic amines is 1. The van der Waals surface area contributed by atoms with Gasteiger partial charge in [0, 0.05) is 12.3 Å². The predicted octanol–water partition coefficient (Wildman–Crippen LogP) is -0.471. The number of aliphatic hydroxyl groups excluding tert-OH is 2. The van der Waals surface area contributed by atoms with E-state index < -0.39 is 23.5 Å². The second kappa shape index (κ2) is 6.21. The average Bonchev–Trinajstić information content (AvgIpc) is 3.10. The Bertz CT molecular complexity index is 860. The van der Waals surface area contributed by atoms with E-state index in [0.717, 1.165) is 0 Å². The Morgan fingerprint density at radius 1 is 1.60 bits per heavy atom. The summed E-state index contributed by atoms with van der Waals surface area (Å²) in [4.78, 5) is 34.8. The highest BCUT2D eigenvalue weighted by Crippen LogP contribution is 2.36. The number of fused-ring (bicyclic) bond motifs is 1. The molecule has 3 atom stereocenters. The molecule has 136 valence electrons. The quantitative estimate of drug-likeness (QED) is 0.583. The number of rotatable bonds is 4. The zero-order valence-corrected chi connectivity index (χ0v) is 14.2. The number of aromatic nitrogens is 4. The lowest BCUT2D eigenvalue weighted by Gasteiger charge is -2.29. The smallest absolute Gasteiger partial charge is 0.280 e. The van der Waals surface area contributed by atoms with Crippen LogP contribution in [0.2, 0.25) is 0 Å². The summed E-state index contributed by atoms with van der Waals surface area (Å²) in [5.41, 5.74) is -1.52. The second-order valence-electron chi connectivity index (χ2n) is 6.57. The van der Waals surface area contributed by atoms with Crippen LogP contribution in [0.4, 0.5) is 5.95 Å². The maximum Gasteiger partial charge on any atom is 0.280 e. The van der Waals surface area contributed by atoms with E-state index in [9.17, 15) is 19.8 Å². The fourth-order valence-corrected chi connectivity index (χ4v) is 2.82. The van der Waals surface area contributed by atoms with Crippen LogP contribution in [0.15, 0.2) is 11.1 Å². The van der Waals surface area contributed by atoms with Crippen molar-refractivity contribution in [3.63, 3.8) is 0 Å². The molecule has 1 fully saturated rings. The van der Waals surface area contributed by atoms with Crippen molar-refractivity contribution in [1.82, 2.24) is 19.5 Å². The maximum absolute atomic E-state index is 12.2. The first kappa shape index (κ1) is 17.5. The number of carbonyl (C=O) groups is 1. The third kappa shape index (κ3) is 2.92. The van der Waals surface area contributed by atoms with E-state index in [1.54, 1.807) is 20.8 Å². The van der Waals surface area contributed by atoms with Gasteiger partial charge in [-0.15, -0.1) is 0 Å². The predicted molar refractivity (Wildman–Crippen MR) is 87.8 cm³/mol. The highest BCUT2D eigenvalue weighted by Gasteiger charge is 2.46. The molecule has 2 aromatic heterocycles. The number of nitrogens with zero attached hydrogens (tertiary/aromatic N) is 3. The molecule has 1 aliphatic rings. The van der Waals surface area contributed by atoms with Crippen LogP contribution in [-0.2, 0) is 15.3 Å². The van der Waals surface area contributed by atoms with Crippen LogP contribution in [0.3, 0.4) is 0 Å². The van der Waals surface area contributed by atoms with Crippen molar-refractivity contribution in [3.8, 4) is 0 Å². The second-order valence-corrected chi connectivity index (χ2v) is 6.57. The van der Waals surface area contributed by atoms with Crippen molar-refractivity contribution < 1.29 is 19.7 Å². The molecular formula is C15H21N5O5. The van der Waals surface area contributed by atoms with Crippen molar-refractivity contribution in [1.29, 1.82) is 0 Å². The Morgan fingerprint density at radius 2 is 2.32 bits per heavy atom. The van der Waals surface area contributed by atoms with Gasteiger partial charge in [-0.05, 0) is 6.92 Å². The van der Waals surface area contributed by atoms with Gasteiger partial charge in [-0.3, -0.25) is 24.5 Å². The summed E-state index contributed by atoms with van der Waals surface area (Å²) in [6, 6.07) is 0. The highest BCUT2D eigenvalue weighted by molar-refractivity contribution is 5.91. The summed E-state index contributed by atoms with van der Waals surface area (Å²) in [6.45, 7) is 4.83. The molecule has 0 unspecified atom stereocenters. The minimum absolute atomic E-state index is 0.00672. The van der Waals surface area contributed by atoms with Gasteiger partial charge in [0.1, 0.15) is 6.10 Å². The van der Waals surface area contributed by atoms with E-state index in [0.29, 0.717) is 0 Å². The molecule has 10 heteroatoms. The van der Waals surface area contributed by atoms with E-state index >= 15 is 0 Å².